The third-order valence-corrected chi connectivity index (χ3v) is 5.46. The fourth-order valence-electron chi connectivity index (χ4n) is 3.74. The van der Waals surface area contributed by atoms with Crippen molar-refractivity contribution in [3.05, 3.63) is 0 Å². The van der Waals surface area contributed by atoms with E-state index >= 15 is 0 Å². The van der Waals surface area contributed by atoms with Crippen molar-refractivity contribution in [2.24, 2.45) is 0 Å². The highest BCUT2D eigenvalue weighted by molar-refractivity contribution is 5.81. The molecule has 0 aromatic rings. The van der Waals surface area contributed by atoms with Crippen LogP contribution in [0.4, 0.5) is 0 Å². The molecular formula is C21H39N2O5+. The lowest BCUT2D eigenvalue weighted by Crippen LogP contribution is -2.41. The summed E-state index contributed by atoms with van der Waals surface area (Å²) in [6, 6.07) is -0.592. The maximum absolute atomic E-state index is 11.5. The van der Waals surface area contributed by atoms with Gasteiger partial charge in [0, 0.05) is 13.3 Å². The van der Waals surface area contributed by atoms with E-state index in [4.69, 9.17) is 9.84 Å². The van der Waals surface area contributed by atoms with Gasteiger partial charge in [0.25, 0.3) is 0 Å². The molecule has 0 fully saturated rings. The second-order valence-corrected chi connectivity index (χ2v) is 7.70. The maximum atomic E-state index is 11.5. The van der Waals surface area contributed by atoms with E-state index in [1.807, 2.05) is 16.4 Å². The van der Waals surface area contributed by atoms with E-state index < -0.39 is 18.0 Å². The summed E-state index contributed by atoms with van der Waals surface area (Å²) in [6.07, 6.45) is 11.6. The van der Waals surface area contributed by atoms with Gasteiger partial charge in [0.1, 0.15) is 19.7 Å². The van der Waals surface area contributed by atoms with Crippen LogP contribution < -0.4 is 0 Å². The minimum atomic E-state index is -0.998. The van der Waals surface area contributed by atoms with E-state index in [2.05, 4.69) is 6.92 Å². The Morgan fingerprint density at radius 2 is 1.61 bits per heavy atom. The van der Waals surface area contributed by atoms with Gasteiger partial charge in [-0.1, -0.05) is 58.3 Å². The first-order valence-electron chi connectivity index (χ1n) is 10.8. The monoisotopic (exact) mass is 399 g/mol. The Labute approximate surface area is 169 Å². The number of nitrogens with zero attached hydrogens (tertiary/aromatic N) is 2. The van der Waals surface area contributed by atoms with Gasteiger partial charge in [-0.25, -0.2) is 19.1 Å². The van der Waals surface area contributed by atoms with Crippen LogP contribution in [-0.2, 0) is 14.3 Å². The second kappa shape index (κ2) is 13.5. The van der Waals surface area contributed by atoms with Crippen molar-refractivity contribution in [3.63, 3.8) is 0 Å². The summed E-state index contributed by atoms with van der Waals surface area (Å²) < 4.78 is 7.35. The molecule has 0 aliphatic carbocycles. The number of rotatable bonds is 16. The number of amidine groups is 1. The molecule has 1 heterocycles. The molecule has 162 valence electrons. The fraction of sp³-hybridized carbons (Fsp3) is 0.857. The van der Waals surface area contributed by atoms with Crippen LogP contribution in [-0.4, -0.2) is 69.4 Å². The molecule has 0 saturated carbocycles. The molecule has 1 aliphatic heterocycles. The standard InChI is InChI=1S/C21H38N2O5/c1-4-5-6-7-8-9-10-11-12-13-19-22(17(2)21(26)27)14-15-23(19)18(3)28-16-20(24)25/h17-18H,4-16H2,1-3H3,(H-,24,25,26,27)/p+1. The maximum Gasteiger partial charge on any atom is 0.348 e. The van der Waals surface area contributed by atoms with Gasteiger partial charge >= 0.3 is 11.9 Å². The van der Waals surface area contributed by atoms with Gasteiger partial charge in [-0.2, -0.15) is 0 Å². The van der Waals surface area contributed by atoms with Gasteiger partial charge in [-0.05, 0) is 13.3 Å². The molecule has 0 spiro atoms. The van der Waals surface area contributed by atoms with Crippen LogP contribution in [0.3, 0.4) is 0 Å². The number of ether oxygens (including phenoxy) is 1. The van der Waals surface area contributed by atoms with E-state index in [1.54, 1.807) is 6.92 Å². The highest BCUT2D eigenvalue weighted by Crippen LogP contribution is 2.17. The first kappa shape index (κ1) is 24.4. The van der Waals surface area contributed by atoms with Crippen LogP contribution in [0.5, 0.6) is 0 Å². The molecule has 0 aromatic carbocycles. The van der Waals surface area contributed by atoms with Crippen LogP contribution in [0.15, 0.2) is 0 Å². The van der Waals surface area contributed by atoms with Crippen LogP contribution in [0.25, 0.3) is 0 Å². The molecule has 7 nitrogen and oxygen atoms in total. The average Bonchev–Trinajstić information content (AvgIpc) is 3.07. The molecule has 0 amide bonds. The van der Waals surface area contributed by atoms with Crippen LogP contribution in [0.1, 0.15) is 85.0 Å². The Morgan fingerprint density at radius 1 is 1.04 bits per heavy atom. The zero-order valence-corrected chi connectivity index (χ0v) is 17.9. The molecule has 1 aliphatic rings. The number of carboxylic acids is 2. The Balaban J connectivity index is 2.54. The summed E-state index contributed by atoms with van der Waals surface area (Å²) in [5.41, 5.74) is 0. The van der Waals surface area contributed by atoms with Crippen LogP contribution >= 0.6 is 0 Å². The van der Waals surface area contributed by atoms with Crippen LogP contribution in [0, 0.1) is 0 Å². The van der Waals surface area contributed by atoms with Crippen molar-refractivity contribution < 1.29 is 29.1 Å². The Kier molecular flexibility index (Phi) is 11.8. The lowest BCUT2D eigenvalue weighted by atomic mass is 10.1. The van der Waals surface area contributed by atoms with E-state index in [9.17, 15) is 14.7 Å². The molecule has 2 unspecified atom stereocenters. The number of carboxylic acid groups (broad SMARTS) is 2. The molecule has 0 aromatic heterocycles. The minimum absolute atomic E-state index is 0.350. The van der Waals surface area contributed by atoms with E-state index in [1.165, 1.54) is 44.9 Å². The lowest BCUT2D eigenvalue weighted by molar-refractivity contribution is -0.543. The average molecular weight is 400 g/mol. The zero-order valence-electron chi connectivity index (χ0n) is 17.9. The first-order chi connectivity index (χ1) is 13.4. The number of aliphatic carboxylic acids is 2. The Bertz CT molecular complexity index is 521. The molecule has 28 heavy (non-hydrogen) atoms. The van der Waals surface area contributed by atoms with Crippen molar-refractivity contribution in [3.8, 4) is 0 Å². The molecule has 0 bridgehead atoms. The normalized spacial score (nSPS) is 16.5. The van der Waals surface area contributed by atoms with Gasteiger partial charge in [0.15, 0.2) is 12.3 Å². The largest absolute Gasteiger partial charge is 0.480 e. The summed E-state index contributed by atoms with van der Waals surface area (Å²) in [6.45, 7) is 6.69. The Morgan fingerprint density at radius 3 is 2.14 bits per heavy atom. The molecular weight excluding hydrogens is 360 g/mol. The van der Waals surface area contributed by atoms with Crippen molar-refractivity contribution in [2.45, 2.75) is 97.2 Å². The van der Waals surface area contributed by atoms with Crippen molar-refractivity contribution in [1.82, 2.24) is 4.90 Å². The highest BCUT2D eigenvalue weighted by Gasteiger charge is 2.38. The summed E-state index contributed by atoms with van der Waals surface area (Å²) >= 11 is 0. The molecule has 2 atom stereocenters. The van der Waals surface area contributed by atoms with Crippen LogP contribution in [0.2, 0.25) is 0 Å². The molecule has 1 rings (SSSR count). The topological polar surface area (TPSA) is 90.1 Å². The highest BCUT2D eigenvalue weighted by atomic mass is 16.5. The van der Waals surface area contributed by atoms with Crippen molar-refractivity contribution in [1.29, 1.82) is 0 Å². The zero-order chi connectivity index (χ0) is 20.9. The van der Waals surface area contributed by atoms with Crippen molar-refractivity contribution in [2.75, 3.05) is 19.7 Å². The quantitative estimate of drug-likeness (QED) is 0.305. The van der Waals surface area contributed by atoms with E-state index in [0.717, 1.165) is 25.1 Å². The van der Waals surface area contributed by atoms with Gasteiger partial charge in [-0.3, -0.25) is 0 Å². The number of hydrogen-bond donors (Lipinski definition) is 2. The predicted molar refractivity (Wildman–Crippen MR) is 109 cm³/mol. The van der Waals surface area contributed by atoms with E-state index in [0.29, 0.717) is 13.1 Å². The fourth-order valence-corrected chi connectivity index (χ4v) is 3.74. The van der Waals surface area contributed by atoms with Gasteiger partial charge < -0.3 is 14.9 Å². The summed E-state index contributed by atoms with van der Waals surface area (Å²) in [5, 5.41) is 18.2. The molecule has 2 N–H and O–H groups in total. The van der Waals surface area contributed by atoms with Gasteiger partial charge in [-0.15, -0.1) is 0 Å². The van der Waals surface area contributed by atoms with E-state index in [-0.39, 0.29) is 12.8 Å². The summed E-state index contributed by atoms with van der Waals surface area (Å²) in [7, 11) is 0. The molecule has 0 radical (unpaired) electrons. The predicted octanol–water partition coefficient (Wildman–Crippen LogP) is 3.55. The summed E-state index contributed by atoms with van der Waals surface area (Å²) in [5.74, 6) is -0.872. The SMILES string of the molecule is CCCCCCCCCCCC1=[N+](C(C)C(=O)O)CCN1C(C)OCC(=O)O. The number of unbranched alkanes of at least 4 members (excludes halogenated alkanes) is 8. The minimum Gasteiger partial charge on any atom is -0.480 e. The number of hydrogen-bond acceptors (Lipinski definition) is 4. The van der Waals surface area contributed by atoms with Gasteiger partial charge in [0.05, 0.1) is 0 Å². The number of carbonyl (C=O) groups is 2. The Hall–Kier alpha value is -1.63. The second-order valence-electron chi connectivity index (χ2n) is 7.70. The van der Waals surface area contributed by atoms with Gasteiger partial charge in [0.2, 0.25) is 5.84 Å². The molecule has 0 saturated heterocycles. The first-order valence-corrected chi connectivity index (χ1v) is 10.8. The smallest absolute Gasteiger partial charge is 0.348 e. The van der Waals surface area contributed by atoms with Crippen molar-refractivity contribution >= 4 is 17.8 Å². The third-order valence-electron chi connectivity index (χ3n) is 5.46. The lowest BCUT2D eigenvalue weighted by Gasteiger charge is -2.21. The third kappa shape index (κ3) is 8.59. The summed E-state index contributed by atoms with van der Waals surface area (Å²) in [4.78, 5) is 24.3. The molecule has 7 heteroatoms.